The molecular formula is C26H25N2OS+. The van der Waals surface area contributed by atoms with Crippen molar-refractivity contribution in [2.45, 2.75) is 26.9 Å². The molecule has 3 aromatic carbocycles. The second-order valence-electron chi connectivity index (χ2n) is 7.34. The van der Waals surface area contributed by atoms with Crippen LogP contribution >= 0.6 is 11.3 Å². The molecule has 0 bridgehead atoms. The molecule has 5 rings (SSSR count). The van der Waals surface area contributed by atoms with Gasteiger partial charge < -0.3 is 9.30 Å². The number of fused-ring (bicyclic) bond motifs is 4. The van der Waals surface area contributed by atoms with Crippen molar-refractivity contribution in [2.24, 2.45) is 0 Å². The molecule has 0 aliphatic carbocycles. The van der Waals surface area contributed by atoms with E-state index in [1.54, 1.807) is 7.11 Å². The summed E-state index contributed by atoms with van der Waals surface area (Å²) in [4.78, 5) is 0. The van der Waals surface area contributed by atoms with Crippen LogP contribution in [-0.4, -0.2) is 11.7 Å². The summed E-state index contributed by atoms with van der Waals surface area (Å²) in [5, 5.41) is 6.25. The summed E-state index contributed by atoms with van der Waals surface area (Å²) >= 11 is 1.85. The number of ether oxygens (including phenoxy) is 1. The summed E-state index contributed by atoms with van der Waals surface area (Å²) < 4.78 is 11.8. The van der Waals surface area contributed by atoms with Crippen molar-refractivity contribution < 1.29 is 9.30 Å². The molecule has 0 radical (unpaired) electrons. The fourth-order valence-corrected chi connectivity index (χ4v) is 5.61. The first-order valence-electron chi connectivity index (χ1n) is 10.4. The first-order valence-corrected chi connectivity index (χ1v) is 11.3. The molecular weight excluding hydrogens is 388 g/mol. The lowest BCUT2D eigenvalue weighted by molar-refractivity contribution is -0.664. The highest BCUT2D eigenvalue weighted by molar-refractivity contribution is 7.19. The summed E-state index contributed by atoms with van der Waals surface area (Å²) in [6.07, 6.45) is 4.50. The Bertz CT molecular complexity index is 1410. The first-order chi connectivity index (χ1) is 14.8. The lowest BCUT2D eigenvalue weighted by Gasteiger charge is -2.07. The Hall–Kier alpha value is -3.11. The predicted octanol–water partition coefficient (Wildman–Crippen LogP) is 6.52. The number of thiazole rings is 1. The summed E-state index contributed by atoms with van der Waals surface area (Å²) in [7, 11) is 1.75. The fraction of sp³-hybridized carbons (Fsp3) is 0.192. The number of hydrogen-bond acceptors (Lipinski definition) is 2. The van der Waals surface area contributed by atoms with Crippen molar-refractivity contribution in [2.75, 3.05) is 7.11 Å². The zero-order valence-corrected chi connectivity index (χ0v) is 18.4. The predicted molar refractivity (Wildman–Crippen MR) is 128 cm³/mol. The lowest BCUT2D eigenvalue weighted by Crippen LogP contribution is -2.33. The highest BCUT2D eigenvalue weighted by Crippen LogP contribution is 2.34. The van der Waals surface area contributed by atoms with Gasteiger partial charge >= 0.3 is 0 Å². The molecule has 30 heavy (non-hydrogen) atoms. The van der Waals surface area contributed by atoms with Crippen LogP contribution in [0.4, 0.5) is 0 Å². The summed E-state index contributed by atoms with van der Waals surface area (Å²) in [5.74, 6) is 0.929. The van der Waals surface area contributed by atoms with E-state index in [1.807, 2.05) is 11.3 Å². The summed E-state index contributed by atoms with van der Waals surface area (Å²) in [6.45, 7) is 6.18. The van der Waals surface area contributed by atoms with Gasteiger partial charge in [-0.05, 0) is 43.5 Å². The molecule has 2 heterocycles. The van der Waals surface area contributed by atoms with Crippen LogP contribution in [0.3, 0.4) is 0 Å². The Kier molecular flexibility index (Phi) is 4.80. The van der Waals surface area contributed by atoms with Crippen molar-refractivity contribution in [3.05, 3.63) is 71.4 Å². The smallest absolute Gasteiger partial charge is 0.262 e. The van der Waals surface area contributed by atoms with Gasteiger partial charge in [0.1, 0.15) is 11.2 Å². The Morgan fingerprint density at radius 1 is 0.900 bits per heavy atom. The van der Waals surface area contributed by atoms with Gasteiger partial charge in [0.15, 0.2) is 0 Å². The van der Waals surface area contributed by atoms with E-state index >= 15 is 0 Å². The second-order valence-corrected chi connectivity index (χ2v) is 8.40. The van der Waals surface area contributed by atoms with Gasteiger partial charge in [0.2, 0.25) is 11.4 Å². The number of nitrogens with zero attached hydrogens (tertiary/aromatic N) is 2. The van der Waals surface area contributed by atoms with Crippen LogP contribution in [0, 0.1) is 0 Å². The third kappa shape index (κ3) is 2.83. The van der Waals surface area contributed by atoms with Gasteiger partial charge in [-0.15, -0.1) is 0 Å². The first kappa shape index (κ1) is 18.9. The molecule has 5 aromatic rings. The van der Waals surface area contributed by atoms with E-state index in [2.05, 4.69) is 95.8 Å². The van der Waals surface area contributed by atoms with Gasteiger partial charge in [-0.1, -0.05) is 53.8 Å². The Labute approximate surface area is 180 Å². The topological polar surface area (TPSA) is 18.0 Å². The molecule has 0 saturated heterocycles. The maximum atomic E-state index is 5.75. The average molecular weight is 414 g/mol. The van der Waals surface area contributed by atoms with Crippen molar-refractivity contribution in [1.82, 2.24) is 4.57 Å². The number of hydrogen-bond donors (Lipinski definition) is 0. The molecule has 150 valence electrons. The molecule has 0 N–H and O–H groups in total. The Morgan fingerprint density at radius 2 is 1.63 bits per heavy atom. The van der Waals surface area contributed by atoms with Crippen LogP contribution < -0.4 is 9.30 Å². The summed E-state index contributed by atoms with van der Waals surface area (Å²) in [5.41, 5.74) is 2.52. The molecule has 2 aromatic heterocycles. The van der Waals surface area contributed by atoms with Gasteiger partial charge in [0.05, 0.1) is 18.2 Å². The highest BCUT2D eigenvalue weighted by Gasteiger charge is 2.20. The van der Waals surface area contributed by atoms with Crippen molar-refractivity contribution in [3.8, 4) is 5.88 Å². The minimum Gasteiger partial charge on any atom is -0.482 e. The molecule has 0 saturated carbocycles. The van der Waals surface area contributed by atoms with E-state index in [-0.39, 0.29) is 0 Å². The van der Waals surface area contributed by atoms with Gasteiger partial charge in [-0.3, -0.25) is 0 Å². The van der Waals surface area contributed by atoms with Gasteiger partial charge in [0, 0.05) is 23.4 Å². The van der Waals surface area contributed by atoms with Crippen LogP contribution in [0.1, 0.15) is 24.5 Å². The van der Waals surface area contributed by atoms with Crippen LogP contribution in [0.25, 0.3) is 43.9 Å². The van der Waals surface area contributed by atoms with Gasteiger partial charge in [-0.2, -0.15) is 4.57 Å². The SMILES string of the molecule is CCn1c(C=Cc2sc3ccc4ccccc4c3[n+]2CC)c2ccccc2c1OC. The van der Waals surface area contributed by atoms with E-state index in [9.17, 15) is 0 Å². The zero-order chi connectivity index (χ0) is 20.7. The van der Waals surface area contributed by atoms with Crippen molar-refractivity contribution in [3.63, 3.8) is 0 Å². The standard InChI is InChI=1S/C26H25N2OS/c1-4-27-22(20-12-8-9-13-21(20)26(27)29-3)15-17-24-28(5-2)25-19-11-7-6-10-18(19)14-16-23(25)30-24/h6-17H,4-5H2,1-3H3/q+1. The van der Waals surface area contributed by atoms with E-state index in [0.717, 1.165) is 24.4 Å². The number of methoxy groups -OCH3 is 1. The van der Waals surface area contributed by atoms with Gasteiger partial charge in [-0.25, -0.2) is 0 Å². The van der Waals surface area contributed by atoms with Crippen LogP contribution in [0.15, 0.2) is 60.7 Å². The molecule has 0 spiro atoms. The Balaban J connectivity index is 1.71. The number of aryl methyl sites for hydroxylation is 1. The summed E-state index contributed by atoms with van der Waals surface area (Å²) in [6, 6.07) is 21.6. The van der Waals surface area contributed by atoms with Crippen molar-refractivity contribution in [1.29, 1.82) is 0 Å². The molecule has 0 fully saturated rings. The van der Waals surface area contributed by atoms with Crippen LogP contribution in [0.5, 0.6) is 5.88 Å². The minimum atomic E-state index is 0.863. The minimum absolute atomic E-state index is 0.863. The van der Waals surface area contributed by atoms with E-state index in [1.165, 1.54) is 37.1 Å². The second kappa shape index (κ2) is 7.62. The van der Waals surface area contributed by atoms with E-state index in [4.69, 9.17) is 4.74 Å². The maximum absolute atomic E-state index is 5.75. The third-order valence-corrected chi connectivity index (χ3v) is 6.91. The molecule has 3 nitrogen and oxygen atoms in total. The maximum Gasteiger partial charge on any atom is 0.262 e. The quantitative estimate of drug-likeness (QED) is 0.300. The number of rotatable bonds is 5. The lowest BCUT2D eigenvalue weighted by atomic mass is 10.1. The average Bonchev–Trinajstić information content (AvgIpc) is 3.31. The normalized spacial score (nSPS) is 12.0. The molecule has 0 aliphatic heterocycles. The largest absolute Gasteiger partial charge is 0.482 e. The van der Waals surface area contributed by atoms with E-state index in [0.29, 0.717) is 0 Å². The third-order valence-electron chi connectivity index (χ3n) is 5.79. The zero-order valence-electron chi connectivity index (χ0n) is 17.6. The van der Waals surface area contributed by atoms with Crippen LogP contribution in [-0.2, 0) is 13.1 Å². The van der Waals surface area contributed by atoms with Gasteiger partial charge in [0.25, 0.3) is 5.01 Å². The van der Waals surface area contributed by atoms with Crippen LogP contribution in [0.2, 0.25) is 0 Å². The Morgan fingerprint density at radius 3 is 2.37 bits per heavy atom. The molecule has 0 atom stereocenters. The highest BCUT2D eigenvalue weighted by atomic mass is 32.1. The molecule has 0 amide bonds. The molecule has 0 unspecified atom stereocenters. The van der Waals surface area contributed by atoms with Crippen molar-refractivity contribution >= 4 is 55.3 Å². The number of benzene rings is 3. The monoisotopic (exact) mass is 413 g/mol. The number of aromatic nitrogens is 2. The molecule has 4 heteroatoms. The van der Waals surface area contributed by atoms with E-state index < -0.39 is 0 Å². The fourth-order valence-electron chi connectivity index (χ4n) is 4.47. The molecule has 0 aliphatic rings.